The van der Waals surface area contributed by atoms with Gasteiger partial charge in [0.25, 0.3) is 0 Å². The molecule has 0 unspecified atom stereocenters. The van der Waals surface area contributed by atoms with Crippen LogP contribution in [0.15, 0.2) is 35.8 Å². The number of ether oxygens (including phenoxy) is 2. The number of nitrogens with one attached hydrogen (secondary N) is 1. The number of amides is 1. The third-order valence-corrected chi connectivity index (χ3v) is 5.38. The topological polar surface area (TPSA) is 60.5 Å². The van der Waals surface area contributed by atoms with Crippen molar-refractivity contribution in [1.29, 1.82) is 0 Å². The average Bonchev–Trinajstić information content (AvgIpc) is 3.06. The molecule has 1 amide bonds. The second-order valence-corrected chi connectivity index (χ2v) is 7.97. The summed E-state index contributed by atoms with van der Waals surface area (Å²) in [4.78, 5) is 16.9. The summed E-state index contributed by atoms with van der Waals surface area (Å²) in [6.45, 7) is 4.78. The van der Waals surface area contributed by atoms with Gasteiger partial charge in [-0.2, -0.15) is 0 Å². The van der Waals surface area contributed by atoms with E-state index in [2.05, 4.69) is 30.2 Å². The van der Waals surface area contributed by atoms with Crippen molar-refractivity contribution in [3.05, 3.63) is 41.4 Å². The number of thiazole rings is 1. The summed E-state index contributed by atoms with van der Waals surface area (Å²) in [5.74, 6) is 0.792. The van der Waals surface area contributed by atoms with Crippen molar-refractivity contribution in [3.8, 4) is 5.75 Å². The molecule has 2 aromatic rings. The van der Waals surface area contributed by atoms with Gasteiger partial charge in [0.2, 0.25) is 5.91 Å². The molecule has 1 atom stereocenters. The van der Waals surface area contributed by atoms with Crippen LogP contribution in [0.25, 0.3) is 0 Å². The van der Waals surface area contributed by atoms with E-state index in [1.807, 2.05) is 23.6 Å². The Morgan fingerprint density at radius 3 is 2.88 bits per heavy atom. The Kier molecular flexibility index (Phi) is 5.11. The molecule has 1 saturated heterocycles. The first-order valence-corrected chi connectivity index (χ1v) is 9.29. The van der Waals surface area contributed by atoms with E-state index in [0.29, 0.717) is 18.2 Å². The van der Waals surface area contributed by atoms with E-state index in [1.54, 1.807) is 13.3 Å². The fraction of sp³-hybridized carbons (Fsp3) is 0.474. The molecule has 1 aromatic heterocycles. The number of rotatable bonds is 5. The minimum atomic E-state index is -0.324. The molecule has 1 fully saturated rings. The molecule has 0 aliphatic carbocycles. The summed E-state index contributed by atoms with van der Waals surface area (Å²) < 4.78 is 11.5. The predicted molar refractivity (Wildman–Crippen MR) is 99.3 cm³/mol. The SMILES string of the molecule is COc1ccccc1[C@@]1(CC(=O)Nc2nccs2)CCOC(C)(C)C1. The molecule has 1 aliphatic heterocycles. The zero-order valence-electron chi connectivity index (χ0n) is 14.9. The Hall–Kier alpha value is -1.92. The number of anilines is 1. The first kappa shape index (κ1) is 17.9. The normalized spacial score (nSPS) is 22.4. The van der Waals surface area contributed by atoms with Crippen LogP contribution in [0, 0.1) is 0 Å². The quantitative estimate of drug-likeness (QED) is 0.875. The van der Waals surface area contributed by atoms with Crippen LogP contribution in [-0.4, -0.2) is 30.2 Å². The first-order chi connectivity index (χ1) is 11.9. The fourth-order valence-corrected chi connectivity index (χ4v) is 4.34. The van der Waals surface area contributed by atoms with Gasteiger partial charge in [-0.15, -0.1) is 11.3 Å². The number of carbonyl (C=O) groups is 1. The highest BCUT2D eigenvalue weighted by molar-refractivity contribution is 7.13. The summed E-state index contributed by atoms with van der Waals surface area (Å²) in [6, 6.07) is 7.98. The van der Waals surface area contributed by atoms with Crippen molar-refractivity contribution in [2.45, 2.75) is 44.1 Å². The van der Waals surface area contributed by atoms with Gasteiger partial charge in [0.05, 0.1) is 12.7 Å². The molecule has 0 saturated carbocycles. The van der Waals surface area contributed by atoms with Gasteiger partial charge in [0.15, 0.2) is 5.13 Å². The Bertz CT molecular complexity index is 730. The lowest BCUT2D eigenvalue weighted by atomic mass is 9.67. The number of methoxy groups -OCH3 is 1. The van der Waals surface area contributed by atoms with Crippen LogP contribution in [0.4, 0.5) is 5.13 Å². The number of aromatic nitrogens is 1. The summed E-state index contributed by atoms with van der Waals surface area (Å²) in [5, 5.41) is 5.40. The molecule has 0 spiro atoms. The van der Waals surface area contributed by atoms with E-state index < -0.39 is 0 Å². The summed E-state index contributed by atoms with van der Waals surface area (Å²) in [6.07, 6.45) is 3.60. The van der Waals surface area contributed by atoms with Gasteiger partial charge >= 0.3 is 0 Å². The maximum absolute atomic E-state index is 12.7. The van der Waals surface area contributed by atoms with Crippen molar-refractivity contribution >= 4 is 22.4 Å². The molecule has 5 nitrogen and oxygen atoms in total. The van der Waals surface area contributed by atoms with E-state index >= 15 is 0 Å². The van der Waals surface area contributed by atoms with Gasteiger partial charge in [-0.1, -0.05) is 18.2 Å². The predicted octanol–water partition coefficient (Wildman–Crippen LogP) is 4.01. The number of nitrogens with zero attached hydrogens (tertiary/aromatic N) is 1. The largest absolute Gasteiger partial charge is 0.496 e. The number of hydrogen-bond acceptors (Lipinski definition) is 5. The Balaban J connectivity index is 1.93. The van der Waals surface area contributed by atoms with Crippen molar-refractivity contribution < 1.29 is 14.3 Å². The zero-order valence-corrected chi connectivity index (χ0v) is 15.7. The molecule has 1 aliphatic rings. The van der Waals surface area contributed by atoms with Crippen LogP contribution < -0.4 is 10.1 Å². The Morgan fingerprint density at radius 1 is 1.40 bits per heavy atom. The molecule has 6 heteroatoms. The second kappa shape index (κ2) is 7.14. The highest BCUT2D eigenvalue weighted by Crippen LogP contribution is 2.47. The highest BCUT2D eigenvalue weighted by atomic mass is 32.1. The van der Waals surface area contributed by atoms with Crippen LogP contribution in [0.2, 0.25) is 0 Å². The first-order valence-electron chi connectivity index (χ1n) is 8.41. The molecular weight excluding hydrogens is 336 g/mol. The standard InChI is InChI=1S/C19H24N2O3S/c1-18(2)13-19(8-10-24-18,14-6-4-5-7-15(14)23-3)12-16(22)21-17-20-9-11-25-17/h4-7,9,11H,8,10,12-13H2,1-3H3,(H,20,21,22)/t19-/m1/s1. The third kappa shape index (κ3) is 4.02. The molecule has 1 aromatic carbocycles. The van der Waals surface area contributed by atoms with Crippen molar-refractivity contribution in [2.24, 2.45) is 0 Å². The van der Waals surface area contributed by atoms with Crippen LogP contribution in [0.5, 0.6) is 5.75 Å². The second-order valence-electron chi connectivity index (χ2n) is 7.08. The minimum absolute atomic E-state index is 0.0291. The van der Waals surface area contributed by atoms with Crippen LogP contribution in [0.1, 0.15) is 38.7 Å². The number of para-hydroxylation sites is 1. The maximum atomic E-state index is 12.7. The number of carbonyl (C=O) groups excluding carboxylic acids is 1. The number of benzene rings is 1. The molecule has 25 heavy (non-hydrogen) atoms. The maximum Gasteiger partial charge on any atom is 0.227 e. The lowest BCUT2D eigenvalue weighted by Gasteiger charge is -2.45. The molecule has 2 heterocycles. The lowest BCUT2D eigenvalue weighted by Crippen LogP contribution is -2.46. The van der Waals surface area contributed by atoms with Gasteiger partial charge in [-0.05, 0) is 32.8 Å². The average molecular weight is 360 g/mol. The van der Waals surface area contributed by atoms with Gasteiger partial charge in [0.1, 0.15) is 5.75 Å². The van der Waals surface area contributed by atoms with Gasteiger partial charge < -0.3 is 14.8 Å². The molecule has 134 valence electrons. The zero-order chi connectivity index (χ0) is 17.9. The summed E-state index contributed by atoms with van der Waals surface area (Å²) >= 11 is 1.42. The van der Waals surface area contributed by atoms with Crippen LogP contribution >= 0.6 is 11.3 Å². The third-order valence-electron chi connectivity index (χ3n) is 4.69. The molecule has 0 radical (unpaired) electrons. The lowest BCUT2D eigenvalue weighted by molar-refractivity contribution is -0.122. The van der Waals surface area contributed by atoms with E-state index in [0.717, 1.165) is 24.2 Å². The van der Waals surface area contributed by atoms with Gasteiger partial charge in [-0.25, -0.2) is 4.98 Å². The smallest absolute Gasteiger partial charge is 0.227 e. The number of hydrogen-bond donors (Lipinski definition) is 1. The molecular formula is C19H24N2O3S. The summed E-state index contributed by atoms with van der Waals surface area (Å²) in [7, 11) is 1.67. The Labute approximate surface area is 152 Å². The van der Waals surface area contributed by atoms with E-state index in [-0.39, 0.29) is 16.9 Å². The van der Waals surface area contributed by atoms with E-state index in [1.165, 1.54) is 11.3 Å². The monoisotopic (exact) mass is 360 g/mol. The molecule has 3 rings (SSSR count). The van der Waals surface area contributed by atoms with Crippen LogP contribution in [-0.2, 0) is 14.9 Å². The molecule has 0 bridgehead atoms. The highest BCUT2D eigenvalue weighted by Gasteiger charge is 2.45. The van der Waals surface area contributed by atoms with E-state index in [9.17, 15) is 4.79 Å². The fourth-order valence-electron chi connectivity index (χ4n) is 3.79. The van der Waals surface area contributed by atoms with Crippen molar-refractivity contribution in [2.75, 3.05) is 19.0 Å². The van der Waals surface area contributed by atoms with E-state index in [4.69, 9.17) is 9.47 Å². The van der Waals surface area contributed by atoms with Crippen molar-refractivity contribution in [3.63, 3.8) is 0 Å². The summed E-state index contributed by atoms with van der Waals surface area (Å²) in [5.41, 5.74) is 0.458. The van der Waals surface area contributed by atoms with Gasteiger partial charge in [-0.3, -0.25) is 4.79 Å². The minimum Gasteiger partial charge on any atom is -0.496 e. The molecule has 1 N–H and O–H groups in total. The van der Waals surface area contributed by atoms with Crippen molar-refractivity contribution in [1.82, 2.24) is 4.98 Å². The Morgan fingerprint density at radius 2 is 2.20 bits per heavy atom. The van der Waals surface area contributed by atoms with Crippen LogP contribution in [0.3, 0.4) is 0 Å². The van der Waals surface area contributed by atoms with Gasteiger partial charge in [0, 0.05) is 35.6 Å².